The quantitative estimate of drug-likeness (QED) is 0.445. The van der Waals surface area contributed by atoms with Gasteiger partial charge in [-0.1, -0.05) is 12.2 Å². The van der Waals surface area contributed by atoms with E-state index in [1.807, 2.05) is 0 Å². The summed E-state index contributed by atoms with van der Waals surface area (Å²) in [5.74, 6) is -4.01. The second-order valence-electron chi connectivity index (χ2n) is 3.71. The molecule has 0 saturated heterocycles. The molecule has 0 aliphatic rings. The Hall–Kier alpha value is -2.35. The molecule has 1 aromatic rings. The number of phenolic OH excluding ortho intramolecular Hbond substituents is 1. The molecule has 23 heavy (non-hydrogen) atoms. The molecule has 1 aromatic carbocycles. The molecule has 0 atom stereocenters. The van der Waals surface area contributed by atoms with E-state index >= 15 is 0 Å². The summed E-state index contributed by atoms with van der Waals surface area (Å²) in [5.41, 5.74) is -0.172. The highest BCUT2D eigenvalue weighted by atomic mass is 32.3. The molecule has 0 aliphatic carbocycles. The Kier molecular flexibility index (Phi) is 5.55. The van der Waals surface area contributed by atoms with Gasteiger partial charge in [-0.2, -0.15) is 16.8 Å². The van der Waals surface area contributed by atoms with Crippen LogP contribution in [0.25, 0.3) is 6.08 Å². The first-order valence-corrected chi connectivity index (χ1v) is 8.18. The van der Waals surface area contributed by atoms with Crippen molar-refractivity contribution in [1.29, 1.82) is 0 Å². The number of benzene rings is 1. The van der Waals surface area contributed by atoms with Gasteiger partial charge < -0.3 is 18.2 Å². The maximum atomic E-state index is 10.8. The largest absolute Gasteiger partial charge is 0.502 e. The lowest BCUT2D eigenvalue weighted by molar-refractivity contribution is -0.120. The molecule has 3 N–H and O–H groups in total. The minimum absolute atomic E-state index is 0.137. The van der Waals surface area contributed by atoms with Crippen molar-refractivity contribution in [2.24, 2.45) is 0 Å². The van der Waals surface area contributed by atoms with Gasteiger partial charge in [0.05, 0.1) is 0 Å². The van der Waals surface area contributed by atoms with Gasteiger partial charge in [-0.25, -0.2) is 0 Å². The summed E-state index contributed by atoms with van der Waals surface area (Å²) in [6.45, 7) is 1.37. The van der Waals surface area contributed by atoms with Gasteiger partial charge in [0, 0.05) is 5.56 Å². The molecule has 0 aliphatic heterocycles. The van der Waals surface area contributed by atoms with Crippen molar-refractivity contribution in [2.45, 2.75) is 6.92 Å². The molecule has 0 saturated carbocycles. The summed E-state index contributed by atoms with van der Waals surface area (Å²) in [7, 11) is -10.3. The first-order valence-electron chi connectivity index (χ1n) is 5.45. The van der Waals surface area contributed by atoms with Crippen LogP contribution in [0.5, 0.6) is 23.0 Å². The highest BCUT2D eigenvalue weighted by molar-refractivity contribution is 7.81. The number of rotatable bonds is 7. The van der Waals surface area contributed by atoms with E-state index in [9.17, 15) is 26.7 Å². The van der Waals surface area contributed by atoms with Gasteiger partial charge in [0.1, 0.15) is 0 Å². The molecular weight excluding hydrogens is 360 g/mol. The number of carbonyl (C=O) groups is 1. The van der Waals surface area contributed by atoms with Crippen molar-refractivity contribution in [1.82, 2.24) is 0 Å². The van der Waals surface area contributed by atoms with Crippen molar-refractivity contribution in [3.05, 3.63) is 17.7 Å². The van der Waals surface area contributed by atoms with Crippen molar-refractivity contribution < 1.29 is 48.9 Å². The van der Waals surface area contributed by atoms with Crippen LogP contribution in [-0.4, -0.2) is 37.5 Å². The molecule has 0 unspecified atom stereocenters. The Bertz CT molecular complexity index is 836. The Morgan fingerprint density at radius 1 is 1.04 bits per heavy atom. The van der Waals surface area contributed by atoms with E-state index in [1.54, 1.807) is 0 Å². The highest BCUT2D eigenvalue weighted by Gasteiger charge is 2.26. The fraction of sp³-hybridized carbons (Fsp3) is 0.100. The summed E-state index contributed by atoms with van der Waals surface area (Å²) >= 11 is 0. The first-order chi connectivity index (χ1) is 10.5. The van der Waals surface area contributed by atoms with Gasteiger partial charge in [-0.05, 0) is 13.0 Å². The Balaban J connectivity index is 3.74. The van der Waals surface area contributed by atoms with Gasteiger partial charge in [-0.15, -0.1) is 0 Å². The van der Waals surface area contributed by atoms with Crippen LogP contribution < -0.4 is 13.1 Å². The SMILES string of the molecule is C/C=C\c1cc(OS(=O)(=O)O)c(O)c(OS(=O)(=O)O)c1OC=O. The molecular formula is C10H10O11S2. The number of aromatic hydroxyl groups is 1. The lowest BCUT2D eigenvalue weighted by Gasteiger charge is -2.14. The van der Waals surface area contributed by atoms with Crippen LogP contribution >= 0.6 is 0 Å². The first kappa shape index (κ1) is 18.7. The van der Waals surface area contributed by atoms with E-state index in [1.165, 1.54) is 19.1 Å². The van der Waals surface area contributed by atoms with Crippen LogP contribution in [0.4, 0.5) is 0 Å². The summed E-state index contributed by atoms with van der Waals surface area (Å²) in [6.07, 6.45) is 2.57. The molecule has 0 spiro atoms. The zero-order chi connectivity index (χ0) is 17.8. The number of hydrogen-bond acceptors (Lipinski definition) is 9. The maximum absolute atomic E-state index is 10.8. The molecule has 0 radical (unpaired) electrons. The van der Waals surface area contributed by atoms with Crippen LogP contribution in [0.1, 0.15) is 12.5 Å². The van der Waals surface area contributed by atoms with Crippen LogP contribution in [0, 0.1) is 0 Å². The van der Waals surface area contributed by atoms with Crippen LogP contribution in [0.2, 0.25) is 0 Å². The van der Waals surface area contributed by atoms with Crippen molar-refractivity contribution >= 4 is 33.3 Å². The van der Waals surface area contributed by atoms with Crippen LogP contribution in [-0.2, 0) is 25.6 Å². The Morgan fingerprint density at radius 3 is 2.04 bits per heavy atom. The summed E-state index contributed by atoms with van der Waals surface area (Å²) in [4.78, 5) is 10.5. The molecule has 11 nitrogen and oxygen atoms in total. The number of carbonyl (C=O) groups excluding carboxylic acids is 1. The summed E-state index contributed by atoms with van der Waals surface area (Å²) in [6, 6.07) is 0.804. The average Bonchev–Trinajstić information content (AvgIpc) is 2.36. The minimum atomic E-state index is -5.18. The fourth-order valence-corrected chi connectivity index (χ4v) is 2.18. The van der Waals surface area contributed by atoms with Gasteiger partial charge in [0.2, 0.25) is 11.5 Å². The molecule has 0 amide bonds. The zero-order valence-electron chi connectivity index (χ0n) is 11.2. The molecule has 128 valence electrons. The van der Waals surface area contributed by atoms with Gasteiger partial charge in [-0.3, -0.25) is 13.9 Å². The smallest absolute Gasteiger partial charge is 0.446 e. The van der Waals surface area contributed by atoms with E-state index in [0.29, 0.717) is 0 Å². The molecule has 13 heteroatoms. The van der Waals surface area contributed by atoms with Gasteiger partial charge in [0.15, 0.2) is 11.5 Å². The lowest BCUT2D eigenvalue weighted by atomic mass is 10.1. The Labute approximate surface area is 130 Å². The van der Waals surface area contributed by atoms with Crippen LogP contribution in [0.15, 0.2) is 12.1 Å². The highest BCUT2D eigenvalue weighted by Crippen LogP contribution is 2.47. The third-order valence-corrected chi connectivity index (χ3v) is 2.87. The number of phenols is 1. The number of allylic oxidation sites excluding steroid dienone is 1. The van der Waals surface area contributed by atoms with Crippen molar-refractivity contribution in [3.63, 3.8) is 0 Å². The number of ether oxygens (including phenoxy) is 1. The third kappa shape index (κ3) is 5.41. The standard InChI is InChI=1S/C10H10O11S2/c1-2-3-6-4-7(20-22(13,14)15)8(12)10(9(6)19-5-11)21-23(16,17)18/h2-5,12H,1H3,(H,13,14,15)(H,16,17,18)/b3-2-. The van der Waals surface area contributed by atoms with Crippen LogP contribution in [0.3, 0.4) is 0 Å². The molecule has 0 heterocycles. The minimum Gasteiger partial charge on any atom is -0.502 e. The predicted octanol–water partition coefficient (Wildman–Crippen LogP) is 0.324. The molecule has 0 fully saturated rings. The molecule has 1 rings (SSSR count). The maximum Gasteiger partial charge on any atom is 0.446 e. The van der Waals surface area contributed by atoms with Gasteiger partial charge in [0.25, 0.3) is 6.47 Å². The topological polar surface area (TPSA) is 174 Å². The molecule has 0 bridgehead atoms. The second-order valence-corrected chi connectivity index (χ2v) is 5.75. The second kappa shape index (κ2) is 6.82. The van der Waals surface area contributed by atoms with E-state index in [4.69, 9.17) is 9.11 Å². The normalized spacial score (nSPS) is 12.1. The van der Waals surface area contributed by atoms with E-state index in [0.717, 1.165) is 6.07 Å². The number of hydrogen-bond donors (Lipinski definition) is 3. The predicted molar refractivity (Wildman–Crippen MR) is 73.9 cm³/mol. The summed E-state index contributed by atoms with van der Waals surface area (Å²) in [5, 5.41) is 9.79. The van der Waals surface area contributed by atoms with E-state index < -0.39 is 43.8 Å². The average molecular weight is 370 g/mol. The van der Waals surface area contributed by atoms with Gasteiger partial charge >= 0.3 is 20.8 Å². The van der Waals surface area contributed by atoms with Crippen molar-refractivity contribution in [3.8, 4) is 23.0 Å². The monoisotopic (exact) mass is 370 g/mol. The fourth-order valence-electron chi connectivity index (χ4n) is 1.46. The summed E-state index contributed by atoms with van der Waals surface area (Å²) < 4.78 is 73.1. The lowest BCUT2D eigenvalue weighted by Crippen LogP contribution is -2.11. The molecule has 0 aromatic heterocycles. The van der Waals surface area contributed by atoms with Crippen molar-refractivity contribution in [2.75, 3.05) is 0 Å². The van der Waals surface area contributed by atoms with E-state index in [2.05, 4.69) is 13.1 Å². The third-order valence-electron chi connectivity index (χ3n) is 2.10. The Morgan fingerprint density at radius 2 is 1.61 bits per heavy atom. The zero-order valence-corrected chi connectivity index (χ0v) is 12.9. The van der Waals surface area contributed by atoms with E-state index in [-0.39, 0.29) is 12.0 Å².